The van der Waals surface area contributed by atoms with Crippen LogP contribution in [0.15, 0.2) is 29.1 Å². The summed E-state index contributed by atoms with van der Waals surface area (Å²) in [5.41, 5.74) is 3.15. The zero-order valence-electron chi connectivity index (χ0n) is 14.2. The Balaban J connectivity index is 1.97. The second-order valence-electron chi connectivity index (χ2n) is 6.32. The maximum Gasteiger partial charge on any atom is 0.271 e. The van der Waals surface area contributed by atoms with Crippen LogP contribution in [0.2, 0.25) is 0 Å². The summed E-state index contributed by atoms with van der Waals surface area (Å²) >= 11 is 0. The van der Waals surface area contributed by atoms with Gasteiger partial charge in [-0.25, -0.2) is 0 Å². The van der Waals surface area contributed by atoms with E-state index >= 15 is 0 Å². The van der Waals surface area contributed by atoms with Crippen LogP contribution in [0.25, 0.3) is 0 Å². The van der Waals surface area contributed by atoms with Gasteiger partial charge in [-0.15, -0.1) is 0 Å². The van der Waals surface area contributed by atoms with Crippen LogP contribution in [-0.2, 0) is 26.1 Å². The maximum absolute atomic E-state index is 12.3. The van der Waals surface area contributed by atoms with Crippen molar-refractivity contribution in [2.75, 3.05) is 13.2 Å². The van der Waals surface area contributed by atoms with Crippen LogP contribution in [0.5, 0.6) is 5.88 Å². The van der Waals surface area contributed by atoms with Gasteiger partial charge in [-0.2, -0.15) is 5.26 Å². The van der Waals surface area contributed by atoms with Crippen LogP contribution in [0.3, 0.4) is 0 Å². The van der Waals surface area contributed by atoms with Gasteiger partial charge in [-0.1, -0.05) is 24.3 Å². The SMILES string of the molecule is Cc1c(CN2CCc3ccccc3C2)c(O)n(CCO)c(=O)c1C#N. The minimum absolute atomic E-state index is 0.0265. The molecule has 0 saturated heterocycles. The van der Waals surface area contributed by atoms with Crippen LogP contribution >= 0.6 is 0 Å². The summed E-state index contributed by atoms with van der Waals surface area (Å²) in [4.78, 5) is 14.5. The molecular formula is C19H21N3O3. The summed E-state index contributed by atoms with van der Waals surface area (Å²) in [6.45, 7) is 3.43. The number of aromatic hydroxyl groups is 1. The van der Waals surface area contributed by atoms with Gasteiger partial charge in [0.2, 0.25) is 0 Å². The first-order chi connectivity index (χ1) is 12.1. The second kappa shape index (κ2) is 7.09. The third-order valence-electron chi connectivity index (χ3n) is 4.84. The van der Waals surface area contributed by atoms with Crippen LogP contribution in [0.1, 0.15) is 27.8 Å². The van der Waals surface area contributed by atoms with Crippen molar-refractivity contribution >= 4 is 0 Å². The average molecular weight is 339 g/mol. The van der Waals surface area contributed by atoms with Crippen LogP contribution in [0, 0.1) is 18.3 Å². The molecule has 130 valence electrons. The molecule has 1 aromatic carbocycles. The van der Waals surface area contributed by atoms with E-state index in [0.29, 0.717) is 17.7 Å². The van der Waals surface area contributed by atoms with Gasteiger partial charge in [0.25, 0.3) is 5.56 Å². The standard InChI is InChI=1S/C19H21N3O3/c1-13-16(10-20)18(24)22(8-9-23)19(25)17(13)12-21-7-6-14-4-2-3-5-15(14)11-21/h2-5,23,25H,6-9,11-12H2,1H3. The minimum Gasteiger partial charge on any atom is -0.494 e. The molecule has 2 aromatic rings. The van der Waals surface area contributed by atoms with Gasteiger partial charge in [0.05, 0.1) is 13.2 Å². The Bertz CT molecular complexity index is 896. The Morgan fingerprint density at radius 3 is 2.68 bits per heavy atom. The molecule has 0 amide bonds. The minimum atomic E-state index is -0.556. The van der Waals surface area contributed by atoms with Gasteiger partial charge in [-0.3, -0.25) is 14.3 Å². The number of rotatable bonds is 4. The summed E-state index contributed by atoms with van der Waals surface area (Å²) in [5.74, 6) is -0.158. The highest BCUT2D eigenvalue weighted by Gasteiger charge is 2.22. The molecule has 0 radical (unpaired) electrons. The highest BCUT2D eigenvalue weighted by molar-refractivity contribution is 5.45. The molecule has 0 unspecified atom stereocenters. The molecule has 2 heterocycles. The number of aliphatic hydroxyl groups excluding tert-OH is 1. The van der Waals surface area contributed by atoms with E-state index in [2.05, 4.69) is 17.0 Å². The predicted octanol–water partition coefficient (Wildman–Crippen LogP) is 1.28. The van der Waals surface area contributed by atoms with Crippen molar-refractivity contribution in [3.8, 4) is 11.9 Å². The Morgan fingerprint density at radius 1 is 1.28 bits per heavy atom. The quantitative estimate of drug-likeness (QED) is 0.876. The predicted molar refractivity (Wildman–Crippen MR) is 93.2 cm³/mol. The van der Waals surface area contributed by atoms with Crippen molar-refractivity contribution in [3.63, 3.8) is 0 Å². The molecule has 0 saturated carbocycles. The third kappa shape index (κ3) is 3.16. The fraction of sp³-hybridized carbons (Fsp3) is 0.368. The number of aromatic nitrogens is 1. The van der Waals surface area contributed by atoms with Crippen molar-refractivity contribution in [2.24, 2.45) is 0 Å². The molecule has 0 fully saturated rings. The Hall–Kier alpha value is -2.62. The molecule has 6 heteroatoms. The number of benzene rings is 1. The highest BCUT2D eigenvalue weighted by Crippen LogP contribution is 2.26. The molecule has 0 spiro atoms. The molecule has 1 aromatic heterocycles. The highest BCUT2D eigenvalue weighted by atomic mass is 16.3. The first-order valence-corrected chi connectivity index (χ1v) is 8.32. The topological polar surface area (TPSA) is 89.5 Å². The van der Waals surface area contributed by atoms with Crippen LogP contribution in [-0.4, -0.2) is 32.8 Å². The number of hydrogen-bond acceptors (Lipinski definition) is 5. The Labute approximate surface area is 146 Å². The fourth-order valence-electron chi connectivity index (χ4n) is 3.41. The number of hydrogen-bond donors (Lipinski definition) is 2. The van der Waals surface area contributed by atoms with Crippen molar-refractivity contribution in [1.29, 1.82) is 5.26 Å². The molecule has 2 N–H and O–H groups in total. The molecule has 25 heavy (non-hydrogen) atoms. The molecule has 1 aliphatic rings. The van der Waals surface area contributed by atoms with Gasteiger partial charge in [-0.05, 0) is 30.0 Å². The van der Waals surface area contributed by atoms with Gasteiger partial charge in [0.1, 0.15) is 11.6 Å². The summed E-state index contributed by atoms with van der Waals surface area (Å²) < 4.78 is 1.08. The van der Waals surface area contributed by atoms with Gasteiger partial charge in [0, 0.05) is 25.2 Å². The average Bonchev–Trinajstić information content (AvgIpc) is 2.62. The monoisotopic (exact) mass is 339 g/mol. The van der Waals surface area contributed by atoms with E-state index in [1.54, 1.807) is 6.92 Å². The van der Waals surface area contributed by atoms with E-state index in [1.165, 1.54) is 11.1 Å². The molecule has 3 rings (SSSR count). The largest absolute Gasteiger partial charge is 0.494 e. The lowest BCUT2D eigenvalue weighted by molar-refractivity contribution is 0.235. The maximum atomic E-state index is 12.3. The fourth-order valence-corrected chi connectivity index (χ4v) is 3.41. The molecule has 1 aliphatic heterocycles. The van der Waals surface area contributed by atoms with E-state index in [1.807, 2.05) is 18.2 Å². The van der Waals surface area contributed by atoms with Crippen molar-refractivity contribution in [2.45, 2.75) is 33.0 Å². The lowest BCUT2D eigenvalue weighted by Gasteiger charge is -2.29. The molecule has 0 aliphatic carbocycles. The van der Waals surface area contributed by atoms with E-state index in [4.69, 9.17) is 5.11 Å². The van der Waals surface area contributed by atoms with Crippen molar-refractivity contribution in [3.05, 3.63) is 62.4 Å². The second-order valence-corrected chi connectivity index (χ2v) is 6.32. The summed E-state index contributed by atoms with van der Waals surface area (Å²) in [6.07, 6.45) is 0.928. The first kappa shape index (κ1) is 17.2. The normalized spacial score (nSPS) is 14.1. The summed E-state index contributed by atoms with van der Waals surface area (Å²) in [5, 5.41) is 29.0. The number of aliphatic hydroxyl groups is 1. The first-order valence-electron chi connectivity index (χ1n) is 8.32. The van der Waals surface area contributed by atoms with Crippen LogP contribution < -0.4 is 5.56 Å². The van der Waals surface area contributed by atoms with E-state index in [0.717, 1.165) is 24.1 Å². The zero-order valence-corrected chi connectivity index (χ0v) is 14.2. The van der Waals surface area contributed by atoms with Crippen molar-refractivity contribution in [1.82, 2.24) is 9.47 Å². The lowest BCUT2D eigenvalue weighted by atomic mass is 9.98. The number of fused-ring (bicyclic) bond motifs is 1. The van der Waals surface area contributed by atoms with E-state index < -0.39 is 5.56 Å². The van der Waals surface area contributed by atoms with Gasteiger partial charge < -0.3 is 10.2 Å². The van der Waals surface area contributed by atoms with Crippen LogP contribution in [0.4, 0.5) is 0 Å². The molecule has 0 atom stereocenters. The van der Waals surface area contributed by atoms with Gasteiger partial charge >= 0.3 is 0 Å². The van der Waals surface area contributed by atoms with E-state index in [-0.39, 0.29) is 24.6 Å². The zero-order chi connectivity index (χ0) is 18.0. The Kier molecular flexibility index (Phi) is 4.88. The van der Waals surface area contributed by atoms with Gasteiger partial charge in [0.15, 0.2) is 5.88 Å². The Morgan fingerprint density at radius 2 is 2.00 bits per heavy atom. The van der Waals surface area contributed by atoms with E-state index in [9.17, 15) is 15.2 Å². The number of nitrogens with zero attached hydrogens (tertiary/aromatic N) is 3. The summed E-state index contributed by atoms with van der Waals surface area (Å²) in [6, 6.07) is 10.2. The number of nitriles is 1. The third-order valence-corrected chi connectivity index (χ3v) is 4.84. The smallest absolute Gasteiger partial charge is 0.271 e. The molecule has 6 nitrogen and oxygen atoms in total. The summed E-state index contributed by atoms with van der Waals surface area (Å²) in [7, 11) is 0. The number of pyridine rings is 1. The van der Waals surface area contributed by atoms with Crippen molar-refractivity contribution < 1.29 is 10.2 Å². The molecule has 0 bridgehead atoms. The lowest BCUT2D eigenvalue weighted by Crippen LogP contribution is -2.32. The molecular weight excluding hydrogens is 318 g/mol.